The Morgan fingerprint density at radius 1 is 1.00 bits per heavy atom. The van der Waals surface area contributed by atoms with Crippen LogP contribution in [0.3, 0.4) is 0 Å². The van der Waals surface area contributed by atoms with Crippen molar-refractivity contribution in [1.82, 2.24) is 9.55 Å². The Labute approximate surface area is 197 Å². The molecule has 0 radical (unpaired) electrons. The average Bonchev–Trinajstić information content (AvgIpc) is 3.25. The third-order valence-corrected chi connectivity index (χ3v) is 6.10. The number of hydrogen-bond donors (Lipinski definition) is 0. The van der Waals surface area contributed by atoms with E-state index >= 15 is 0 Å². The van der Waals surface area contributed by atoms with E-state index in [4.69, 9.17) is 14.5 Å². The summed E-state index contributed by atoms with van der Waals surface area (Å²) in [6.45, 7) is 2.22. The number of carbonyl (C=O) groups is 2. The maximum Gasteiger partial charge on any atom is 0.321 e. The molecule has 0 spiro atoms. The second-order valence-corrected chi connectivity index (χ2v) is 8.13. The number of ether oxygens (including phenoxy) is 2. The number of esters is 1. The lowest BCUT2D eigenvalue weighted by Gasteiger charge is -2.38. The third kappa shape index (κ3) is 3.69. The SMILES string of the molecule is CCOC(=O)[C@@H]1C(=O)N(Cc2ccccc2)c2nc3ccccc3n2[C@H]1c1cccc(OC)c1. The molecule has 0 N–H and O–H groups in total. The number of carbonyl (C=O) groups excluding carboxylic acids is 2. The first-order chi connectivity index (χ1) is 16.6. The number of methoxy groups -OCH3 is 1. The van der Waals surface area contributed by atoms with Gasteiger partial charge >= 0.3 is 5.97 Å². The average molecular weight is 456 g/mol. The summed E-state index contributed by atoms with van der Waals surface area (Å²) in [6.07, 6.45) is 0. The van der Waals surface area contributed by atoms with Crippen LogP contribution in [-0.2, 0) is 20.9 Å². The Bertz CT molecular complexity index is 1350. The van der Waals surface area contributed by atoms with Crippen LogP contribution in [0, 0.1) is 5.92 Å². The molecule has 0 fully saturated rings. The van der Waals surface area contributed by atoms with E-state index in [-0.39, 0.29) is 12.5 Å². The number of nitrogens with zero attached hydrogens (tertiary/aromatic N) is 3. The number of benzene rings is 3. The molecule has 7 nitrogen and oxygen atoms in total. The zero-order valence-corrected chi connectivity index (χ0v) is 19.0. The van der Waals surface area contributed by atoms with Gasteiger partial charge in [-0.3, -0.25) is 14.5 Å². The predicted octanol–water partition coefficient (Wildman–Crippen LogP) is 4.36. The molecule has 34 heavy (non-hydrogen) atoms. The largest absolute Gasteiger partial charge is 0.497 e. The fourth-order valence-electron chi connectivity index (χ4n) is 4.59. The van der Waals surface area contributed by atoms with Crippen LogP contribution in [0.15, 0.2) is 78.9 Å². The minimum atomic E-state index is -1.07. The molecule has 0 saturated heterocycles. The third-order valence-electron chi connectivity index (χ3n) is 6.10. The molecule has 1 amide bonds. The maximum atomic E-state index is 14.0. The van der Waals surface area contributed by atoms with Crippen molar-refractivity contribution in [1.29, 1.82) is 0 Å². The molecule has 3 aromatic carbocycles. The van der Waals surface area contributed by atoms with Gasteiger partial charge in [0.2, 0.25) is 11.9 Å². The van der Waals surface area contributed by atoms with E-state index in [1.807, 2.05) is 83.4 Å². The molecule has 5 rings (SSSR count). The van der Waals surface area contributed by atoms with Gasteiger partial charge in [0.15, 0.2) is 5.92 Å². The standard InChI is InChI=1S/C27H25N3O4/c1-3-34-26(32)23-24(19-12-9-13-20(16-19)33-2)30-22-15-8-7-14-21(22)28-27(30)29(25(23)31)17-18-10-5-4-6-11-18/h4-16,23-24H,3,17H2,1-2H3/t23-,24-/m0/s1. The van der Waals surface area contributed by atoms with Crippen LogP contribution in [0.2, 0.25) is 0 Å². The Kier molecular flexibility index (Phi) is 5.76. The van der Waals surface area contributed by atoms with E-state index in [0.717, 1.165) is 22.2 Å². The van der Waals surface area contributed by atoms with Gasteiger partial charge in [-0.1, -0.05) is 54.6 Å². The zero-order chi connectivity index (χ0) is 23.7. The van der Waals surface area contributed by atoms with Crippen molar-refractivity contribution in [2.75, 3.05) is 18.6 Å². The van der Waals surface area contributed by atoms with E-state index < -0.39 is 17.9 Å². The van der Waals surface area contributed by atoms with Crippen molar-refractivity contribution in [3.63, 3.8) is 0 Å². The van der Waals surface area contributed by atoms with Crippen molar-refractivity contribution in [2.24, 2.45) is 5.92 Å². The van der Waals surface area contributed by atoms with Gasteiger partial charge in [-0.25, -0.2) is 4.98 Å². The lowest BCUT2D eigenvalue weighted by atomic mass is 9.89. The number of aromatic nitrogens is 2. The fraction of sp³-hybridized carbons (Fsp3) is 0.222. The van der Waals surface area contributed by atoms with Gasteiger partial charge in [0.05, 0.1) is 37.3 Å². The van der Waals surface area contributed by atoms with Gasteiger partial charge in [-0.2, -0.15) is 0 Å². The van der Waals surface area contributed by atoms with Crippen molar-refractivity contribution < 1.29 is 19.1 Å². The normalized spacial score (nSPS) is 17.5. The molecule has 2 atom stereocenters. The number of imidazole rings is 1. The molecule has 2 heterocycles. The lowest BCUT2D eigenvalue weighted by Crippen LogP contribution is -2.49. The lowest BCUT2D eigenvalue weighted by molar-refractivity contribution is -0.153. The van der Waals surface area contributed by atoms with Crippen LogP contribution in [-0.4, -0.2) is 35.1 Å². The van der Waals surface area contributed by atoms with Gasteiger partial charge in [0.25, 0.3) is 0 Å². The van der Waals surface area contributed by atoms with Crippen LogP contribution >= 0.6 is 0 Å². The minimum Gasteiger partial charge on any atom is -0.497 e. The first kappa shape index (κ1) is 21.7. The van der Waals surface area contributed by atoms with E-state index in [1.165, 1.54) is 0 Å². The van der Waals surface area contributed by atoms with Gasteiger partial charge in [0, 0.05) is 0 Å². The van der Waals surface area contributed by atoms with E-state index in [2.05, 4.69) is 0 Å². The van der Waals surface area contributed by atoms with Crippen LogP contribution in [0.4, 0.5) is 5.95 Å². The zero-order valence-electron chi connectivity index (χ0n) is 19.0. The summed E-state index contributed by atoms with van der Waals surface area (Å²) >= 11 is 0. The highest BCUT2D eigenvalue weighted by Crippen LogP contribution is 2.42. The van der Waals surface area contributed by atoms with Crippen molar-refractivity contribution in [3.8, 4) is 5.75 Å². The quantitative estimate of drug-likeness (QED) is 0.319. The molecule has 7 heteroatoms. The Balaban J connectivity index is 1.75. The smallest absolute Gasteiger partial charge is 0.321 e. The molecule has 0 aliphatic carbocycles. The minimum absolute atomic E-state index is 0.184. The number of rotatable bonds is 6. The van der Waals surface area contributed by atoms with Gasteiger partial charge in [-0.15, -0.1) is 0 Å². The highest BCUT2D eigenvalue weighted by atomic mass is 16.5. The summed E-state index contributed by atoms with van der Waals surface area (Å²) in [5.41, 5.74) is 3.30. The Hall–Kier alpha value is -4.13. The van der Waals surface area contributed by atoms with Crippen LogP contribution in [0.25, 0.3) is 11.0 Å². The monoisotopic (exact) mass is 455 g/mol. The molecule has 0 saturated carbocycles. The summed E-state index contributed by atoms with van der Waals surface area (Å²) in [7, 11) is 1.59. The number of hydrogen-bond acceptors (Lipinski definition) is 5. The van der Waals surface area contributed by atoms with Crippen LogP contribution in [0.5, 0.6) is 5.75 Å². The topological polar surface area (TPSA) is 73.7 Å². The second kappa shape index (κ2) is 9.02. The van der Waals surface area contributed by atoms with Gasteiger partial charge in [0.1, 0.15) is 5.75 Å². The van der Waals surface area contributed by atoms with Crippen molar-refractivity contribution in [3.05, 3.63) is 90.0 Å². The molecule has 172 valence electrons. The summed E-state index contributed by atoms with van der Waals surface area (Å²) in [5, 5.41) is 0. The van der Waals surface area contributed by atoms with E-state index in [1.54, 1.807) is 18.9 Å². The summed E-state index contributed by atoms with van der Waals surface area (Å²) in [5.74, 6) is -0.811. The van der Waals surface area contributed by atoms with Crippen molar-refractivity contribution >= 4 is 28.9 Å². The molecule has 1 aliphatic rings. The molecule has 0 bridgehead atoms. The van der Waals surface area contributed by atoms with Crippen molar-refractivity contribution in [2.45, 2.75) is 19.5 Å². The summed E-state index contributed by atoms with van der Waals surface area (Å²) in [6, 6.07) is 24.2. The maximum absolute atomic E-state index is 14.0. The first-order valence-electron chi connectivity index (χ1n) is 11.2. The van der Waals surface area contributed by atoms with Crippen LogP contribution in [0.1, 0.15) is 24.1 Å². The summed E-state index contributed by atoms with van der Waals surface area (Å²) < 4.78 is 12.8. The number of amides is 1. The number of para-hydroxylation sites is 2. The molecule has 1 aliphatic heterocycles. The fourth-order valence-corrected chi connectivity index (χ4v) is 4.59. The molecule has 1 aromatic heterocycles. The highest BCUT2D eigenvalue weighted by molar-refractivity contribution is 6.08. The Morgan fingerprint density at radius 2 is 1.76 bits per heavy atom. The molecule has 4 aromatic rings. The second-order valence-electron chi connectivity index (χ2n) is 8.13. The summed E-state index contributed by atoms with van der Waals surface area (Å²) in [4.78, 5) is 33.7. The van der Waals surface area contributed by atoms with Crippen LogP contribution < -0.4 is 9.64 Å². The van der Waals surface area contributed by atoms with E-state index in [0.29, 0.717) is 18.2 Å². The Morgan fingerprint density at radius 3 is 2.53 bits per heavy atom. The molecular formula is C27H25N3O4. The highest BCUT2D eigenvalue weighted by Gasteiger charge is 2.47. The first-order valence-corrected chi connectivity index (χ1v) is 11.2. The predicted molar refractivity (Wildman–Crippen MR) is 129 cm³/mol. The molecule has 0 unspecified atom stereocenters. The molecular weight excluding hydrogens is 430 g/mol. The number of fused-ring (bicyclic) bond motifs is 3. The van der Waals surface area contributed by atoms with E-state index in [9.17, 15) is 9.59 Å². The number of anilines is 1. The van der Waals surface area contributed by atoms with Gasteiger partial charge in [-0.05, 0) is 42.3 Å². The van der Waals surface area contributed by atoms with Gasteiger partial charge < -0.3 is 14.0 Å².